The van der Waals surface area contributed by atoms with E-state index >= 15 is 0 Å². The van der Waals surface area contributed by atoms with Crippen LogP contribution in [0.3, 0.4) is 0 Å². The van der Waals surface area contributed by atoms with Crippen molar-refractivity contribution in [1.29, 1.82) is 0 Å². The number of aromatic carboxylic acids is 1. The summed E-state index contributed by atoms with van der Waals surface area (Å²) in [4.78, 5) is 11.2. The first kappa shape index (κ1) is 13.6. The molecule has 0 heterocycles. The summed E-state index contributed by atoms with van der Waals surface area (Å²) >= 11 is 3.26. The van der Waals surface area contributed by atoms with E-state index in [-0.39, 0.29) is 12.2 Å². The number of hydrogen-bond donors (Lipinski definition) is 1. The molecule has 3 nitrogen and oxygen atoms in total. The van der Waals surface area contributed by atoms with E-state index in [1.165, 1.54) is 0 Å². The lowest BCUT2D eigenvalue weighted by molar-refractivity contribution is 0.0694. The minimum atomic E-state index is -0.955. The summed E-state index contributed by atoms with van der Waals surface area (Å²) in [6.07, 6.45) is 0. The highest BCUT2D eigenvalue weighted by atomic mass is 79.9. The van der Waals surface area contributed by atoms with E-state index < -0.39 is 5.97 Å². The minimum absolute atomic E-state index is 0.234. The minimum Gasteiger partial charge on any atom is -0.489 e. The molecule has 0 aliphatic carbocycles. The topological polar surface area (TPSA) is 46.5 Å². The number of halogens is 1. The van der Waals surface area contributed by atoms with Gasteiger partial charge in [0.1, 0.15) is 12.4 Å². The summed E-state index contributed by atoms with van der Waals surface area (Å²) in [5.74, 6) is -0.228. The zero-order chi connectivity index (χ0) is 13.8. The monoisotopic (exact) mass is 320 g/mol. The molecule has 2 rings (SSSR count). The smallest absolute Gasteiger partial charge is 0.336 e. The van der Waals surface area contributed by atoms with Crippen LogP contribution in [0.5, 0.6) is 5.75 Å². The van der Waals surface area contributed by atoms with Gasteiger partial charge in [-0.3, -0.25) is 0 Å². The van der Waals surface area contributed by atoms with Crippen molar-refractivity contribution in [2.45, 2.75) is 13.5 Å². The molecule has 19 heavy (non-hydrogen) atoms. The summed E-state index contributed by atoms with van der Waals surface area (Å²) in [5.41, 5.74) is 2.06. The number of carboxylic acid groups (broad SMARTS) is 1. The lowest BCUT2D eigenvalue weighted by atomic mass is 10.1. The number of hydrogen-bond acceptors (Lipinski definition) is 2. The standard InChI is InChI=1S/C15H13BrO3/c1-10-2-6-13(7-3-10)19-9-11-4-5-12(16)8-14(11)15(17)18/h2-8H,9H2,1H3,(H,17,18). The number of carboxylic acids is 1. The van der Waals surface area contributed by atoms with Gasteiger partial charge >= 0.3 is 5.97 Å². The third kappa shape index (κ3) is 3.58. The SMILES string of the molecule is Cc1ccc(OCc2ccc(Br)cc2C(=O)O)cc1. The normalized spacial score (nSPS) is 10.2. The van der Waals surface area contributed by atoms with Crippen LogP contribution in [0, 0.1) is 6.92 Å². The Morgan fingerprint density at radius 3 is 2.53 bits per heavy atom. The van der Waals surface area contributed by atoms with Crippen molar-refractivity contribution in [2.24, 2.45) is 0 Å². The second kappa shape index (κ2) is 5.89. The van der Waals surface area contributed by atoms with Crippen LogP contribution in [0.4, 0.5) is 0 Å². The second-order valence-corrected chi connectivity index (χ2v) is 5.12. The Morgan fingerprint density at radius 2 is 1.89 bits per heavy atom. The summed E-state index contributed by atoms with van der Waals surface area (Å²) in [6, 6.07) is 12.8. The van der Waals surface area contributed by atoms with Gasteiger partial charge in [-0.2, -0.15) is 0 Å². The van der Waals surface area contributed by atoms with E-state index in [9.17, 15) is 4.79 Å². The molecule has 0 saturated heterocycles. The molecular formula is C15H13BrO3. The highest BCUT2D eigenvalue weighted by Gasteiger charge is 2.11. The fraction of sp³-hybridized carbons (Fsp3) is 0.133. The lowest BCUT2D eigenvalue weighted by Gasteiger charge is -2.09. The molecule has 0 radical (unpaired) electrons. The molecule has 0 bridgehead atoms. The fourth-order valence-corrected chi connectivity index (χ4v) is 2.03. The van der Waals surface area contributed by atoms with Gasteiger partial charge in [-0.25, -0.2) is 4.79 Å². The van der Waals surface area contributed by atoms with Crippen molar-refractivity contribution < 1.29 is 14.6 Å². The number of benzene rings is 2. The molecule has 0 unspecified atom stereocenters. The largest absolute Gasteiger partial charge is 0.489 e. The van der Waals surface area contributed by atoms with E-state index in [1.54, 1.807) is 18.2 Å². The Labute approximate surface area is 120 Å². The van der Waals surface area contributed by atoms with Gasteiger partial charge in [0.25, 0.3) is 0 Å². The van der Waals surface area contributed by atoms with Crippen LogP contribution in [0.2, 0.25) is 0 Å². The van der Waals surface area contributed by atoms with Crippen molar-refractivity contribution in [3.8, 4) is 5.75 Å². The van der Waals surface area contributed by atoms with Crippen LogP contribution >= 0.6 is 15.9 Å². The van der Waals surface area contributed by atoms with Gasteiger partial charge in [0.15, 0.2) is 0 Å². The first-order valence-electron chi connectivity index (χ1n) is 5.77. The van der Waals surface area contributed by atoms with Gasteiger partial charge in [0.2, 0.25) is 0 Å². The fourth-order valence-electron chi connectivity index (χ4n) is 1.67. The third-order valence-corrected chi connectivity index (χ3v) is 3.21. The summed E-state index contributed by atoms with van der Waals surface area (Å²) < 4.78 is 6.34. The van der Waals surface area contributed by atoms with E-state index in [1.807, 2.05) is 31.2 Å². The molecule has 0 aliphatic rings. The van der Waals surface area contributed by atoms with Crippen molar-refractivity contribution in [3.05, 3.63) is 63.6 Å². The summed E-state index contributed by atoms with van der Waals surface area (Å²) in [7, 11) is 0. The molecule has 1 N–H and O–H groups in total. The molecule has 98 valence electrons. The van der Waals surface area contributed by atoms with E-state index in [4.69, 9.17) is 9.84 Å². The summed E-state index contributed by atoms with van der Waals surface area (Å²) in [5, 5.41) is 9.15. The Bertz CT molecular complexity index is 591. The van der Waals surface area contributed by atoms with Crippen LogP contribution in [0.1, 0.15) is 21.5 Å². The Hall–Kier alpha value is -1.81. The molecule has 0 saturated carbocycles. The van der Waals surface area contributed by atoms with Crippen molar-refractivity contribution in [2.75, 3.05) is 0 Å². The highest BCUT2D eigenvalue weighted by molar-refractivity contribution is 9.10. The van der Waals surface area contributed by atoms with Crippen molar-refractivity contribution in [3.63, 3.8) is 0 Å². The van der Waals surface area contributed by atoms with Gasteiger partial charge in [0.05, 0.1) is 5.56 Å². The van der Waals surface area contributed by atoms with Crippen molar-refractivity contribution >= 4 is 21.9 Å². The van der Waals surface area contributed by atoms with Crippen LogP contribution in [0.25, 0.3) is 0 Å². The van der Waals surface area contributed by atoms with Crippen LogP contribution in [-0.2, 0) is 6.61 Å². The lowest BCUT2D eigenvalue weighted by Crippen LogP contribution is -2.05. The maximum atomic E-state index is 11.2. The van der Waals surface area contributed by atoms with E-state index in [0.29, 0.717) is 5.56 Å². The molecule has 0 fully saturated rings. The first-order chi connectivity index (χ1) is 9.06. The first-order valence-corrected chi connectivity index (χ1v) is 6.57. The van der Waals surface area contributed by atoms with Crippen LogP contribution in [-0.4, -0.2) is 11.1 Å². The predicted molar refractivity (Wildman–Crippen MR) is 76.6 cm³/mol. The molecule has 0 aromatic heterocycles. The number of aryl methyl sites for hydroxylation is 1. The quantitative estimate of drug-likeness (QED) is 0.924. The highest BCUT2D eigenvalue weighted by Crippen LogP contribution is 2.19. The Balaban J connectivity index is 2.15. The number of carbonyl (C=O) groups is 1. The third-order valence-electron chi connectivity index (χ3n) is 2.72. The zero-order valence-corrected chi connectivity index (χ0v) is 12.0. The van der Waals surface area contributed by atoms with Gasteiger partial charge < -0.3 is 9.84 Å². The molecule has 2 aromatic rings. The van der Waals surface area contributed by atoms with Crippen LogP contribution in [0.15, 0.2) is 46.9 Å². The molecule has 0 spiro atoms. The Kier molecular flexibility index (Phi) is 4.22. The molecule has 2 aromatic carbocycles. The van der Waals surface area contributed by atoms with Gasteiger partial charge in [-0.15, -0.1) is 0 Å². The van der Waals surface area contributed by atoms with Crippen LogP contribution < -0.4 is 4.74 Å². The molecule has 4 heteroatoms. The second-order valence-electron chi connectivity index (χ2n) is 4.21. The summed E-state index contributed by atoms with van der Waals surface area (Å²) in [6.45, 7) is 2.24. The van der Waals surface area contributed by atoms with Gasteiger partial charge in [-0.05, 0) is 31.2 Å². The predicted octanol–water partition coefficient (Wildman–Crippen LogP) is 4.03. The maximum absolute atomic E-state index is 11.2. The molecule has 0 atom stereocenters. The van der Waals surface area contributed by atoms with E-state index in [2.05, 4.69) is 15.9 Å². The van der Waals surface area contributed by atoms with E-state index in [0.717, 1.165) is 15.8 Å². The molecule has 0 amide bonds. The average molecular weight is 321 g/mol. The number of ether oxygens (including phenoxy) is 1. The Morgan fingerprint density at radius 1 is 1.21 bits per heavy atom. The molecular weight excluding hydrogens is 308 g/mol. The molecule has 0 aliphatic heterocycles. The average Bonchev–Trinajstić information content (AvgIpc) is 2.39. The van der Waals surface area contributed by atoms with Gasteiger partial charge in [-0.1, -0.05) is 39.7 Å². The maximum Gasteiger partial charge on any atom is 0.336 e. The number of rotatable bonds is 4. The zero-order valence-electron chi connectivity index (χ0n) is 10.4. The van der Waals surface area contributed by atoms with Gasteiger partial charge in [0, 0.05) is 10.0 Å². The van der Waals surface area contributed by atoms with Crippen molar-refractivity contribution in [1.82, 2.24) is 0 Å².